The Morgan fingerprint density at radius 2 is 1.55 bits per heavy atom. The van der Waals surface area contributed by atoms with Gasteiger partial charge in [0.05, 0.1) is 0 Å². The summed E-state index contributed by atoms with van der Waals surface area (Å²) in [7, 11) is 0. The van der Waals surface area contributed by atoms with Crippen LogP contribution in [-0.4, -0.2) is 29.3 Å². The SMILES string of the molecule is CCN(CC)C(O)C(C)(C)C. The van der Waals surface area contributed by atoms with E-state index in [4.69, 9.17) is 0 Å². The number of aliphatic hydroxyl groups is 1. The second-order valence-corrected chi connectivity index (χ2v) is 3.96. The maximum atomic E-state index is 9.77. The molecule has 0 aliphatic heterocycles. The van der Waals surface area contributed by atoms with E-state index in [1.165, 1.54) is 0 Å². The molecule has 0 saturated heterocycles. The summed E-state index contributed by atoms with van der Waals surface area (Å²) in [4.78, 5) is 2.06. The van der Waals surface area contributed by atoms with Gasteiger partial charge in [-0.15, -0.1) is 0 Å². The summed E-state index contributed by atoms with van der Waals surface area (Å²) in [6.07, 6.45) is -0.322. The molecule has 68 valence electrons. The van der Waals surface area contributed by atoms with Crippen molar-refractivity contribution in [2.75, 3.05) is 13.1 Å². The summed E-state index contributed by atoms with van der Waals surface area (Å²) >= 11 is 0. The molecule has 0 spiro atoms. The van der Waals surface area contributed by atoms with Gasteiger partial charge in [-0.1, -0.05) is 34.6 Å². The van der Waals surface area contributed by atoms with Crippen molar-refractivity contribution in [1.29, 1.82) is 0 Å². The lowest BCUT2D eigenvalue weighted by Gasteiger charge is -2.34. The summed E-state index contributed by atoms with van der Waals surface area (Å²) in [5.41, 5.74) is -0.0357. The van der Waals surface area contributed by atoms with E-state index in [9.17, 15) is 5.11 Å². The molecule has 1 unspecified atom stereocenters. The first-order chi connectivity index (χ1) is 4.93. The quantitative estimate of drug-likeness (QED) is 0.633. The lowest BCUT2D eigenvalue weighted by Crippen LogP contribution is -2.43. The van der Waals surface area contributed by atoms with Crippen molar-refractivity contribution in [1.82, 2.24) is 4.90 Å². The van der Waals surface area contributed by atoms with Gasteiger partial charge in [0, 0.05) is 5.41 Å². The molecule has 0 aromatic carbocycles. The highest BCUT2D eigenvalue weighted by Crippen LogP contribution is 2.21. The highest BCUT2D eigenvalue weighted by molar-refractivity contribution is 4.72. The van der Waals surface area contributed by atoms with Gasteiger partial charge in [-0.3, -0.25) is 4.90 Å². The molecule has 0 heterocycles. The van der Waals surface area contributed by atoms with Crippen LogP contribution in [0, 0.1) is 5.41 Å². The molecule has 0 amide bonds. The molecule has 0 aromatic heterocycles. The predicted molar refractivity (Wildman–Crippen MR) is 48.4 cm³/mol. The molecule has 1 atom stereocenters. The summed E-state index contributed by atoms with van der Waals surface area (Å²) in [6, 6.07) is 0. The first-order valence-electron chi connectivity index (χ1n) is 4.35. The Hall–Kier alpha value is -0.0800. The van der Waals surface area contributed by atoms with E-state index in [2.05, 4.69) is 39.5 Å². The Morgan fingerprint density at radius 3 is 1.64 bits per heavy atom. The van der Waals surface area contributed by atoms with Crippen molar-refractivity contribution in [3.8, 4) is 0 Å². The molecule has 11 heavy (non-hydrogen) atoms. The smallest absolute Gasteiger partial charge is 0.112 e. The fourth-order valence-electron chi connectivity index (χ4n) is 1.12. The highest BCUT2D eigenvalue weighted by Gasteiger charge is 2.25. The summed E-state index contributed by atoms with van der Waals surface area (Å²) in [6.45, 7) is 12.1. The monoisotopic (exact) mass is 159 g/mol. The molecule has 1 N–H and O–H groups in total. The van der Waals surface area contributed by atoms with Gasteiger partial charge in [-0.05, 0) is 13.1 Å². The Morgan fingerprint density at radius 1 is 1.18 bits per heavy atom. The zero-order valence-electron chi connectivity index (χ0n) is 8.39. The van der Waals surface area contributed by atoms with E-state index < -0.39 is 0 Å². The van der Waals surface area contributed by atoms with Gasteiger partial charge in [0.15, 0.2) is 0 Å². The Bertz CT molecular complexity index is 103. The normalized spacial score (nSPS) is 15.5. The predicted octanol–water partition coefficient (Wildman–Crippen LogP) is 1.69. The molecule has 0 fully saturated rings. The van der Waals surface area contributed by atoms with E-state index in [1.807, 2.05) is 0 Å². The van der Waals surface area contributed by atoms with Crippen molar-refractivity contribution in [3.05, 3.63) is 0 Å². The molecule has 0 aromatic rings. The fourth-order valence-corrected chi connectivity index (χ4v) is 1.12. The van der Waals surface area contributed by atoms with E-state index in [0.717, 1.165) is 13.1 Å². The van der Waals surface area contributed by atoms with Crippen LogP contribution in [0.25, 0.3) is 0 Å². The first kappa shape index (κ1) is 10.9. The van der Waals surface area contributed by atoms with E-state index in [1.54, 1.807) is 0 Å². The third-order valence-electron chi connectivity index (χ3n) is 1.93. The number of rotatable bonds is 3. The van der Waals surface area contributed by atoms with Gasteiger partial charge in [0.1, 0.15) is 6.23 Å². The highest BCUT2D eigenvalue weighted by atomic mass is 16.3. The maximum Gasteiger partial charge on any atom is 0.112 e. The Kier molecular flexibility index (Phi) is 4.04. The van der Waals surface area contributed by atoms with Crippen LogP contribution in [0.1, 0.15) is 34.6 Å². The molecule has 0 bridgehead atoms. The average Bonchev–Trinajstić information content (AvgIpc) is 1.88. The van der Waals surface area contributed by atoms with Crippen LogP contribution >= 0.6 is 0 Å². The zero-order chi connectivity index (χ0) is 9.07. The lowest BCUT2D eigenvalue weighted by molar-refractivity contribution is -0.0655. The van der Waals surface area contributed by atoms with Crippen LogP contribution in [0.2, 0.25) is 0 Å². The summed E-state index contributed by atoms with van der Waals surface area (Å²) in [5, 5.41) is 9.77. The molecule has 0 rings (SSSR count). The average molecular weight is 159 g/mol. The molecular weight excluding hydrogens is 138 g/mol. The van der Waals surface area contributed by atoms with Crippen molar-refractivity contribution < 1.29 is 5.11 Å². The fraction of sp³-hybridized carbons (Fsp3) is 1.00. The second kappa shape index (κ2) is 4.07. The number of nitrogens with zero attached hydrogens (tertiary/aromatic N) is 1. The Balaban J connectivity index is 4.09. The molecular formula is C9H21NO. The molecule has 0 aliphatic carbocycles. The molecule has 0 saturated carbocycles. The molecule has 2 heteroatoms. The minimum atomic E-state index is -0.322. The number of hydrogen-bond acceptors (Lipinski definition) is 2. The van der Waals surface area contributed by atoms with Crippen LogP contribution in [0.5, 0.6) is 0 Å². The Labute approximate surface area is 70.2 Å². The van der Waals surface area contributed by atoms with Crippen molar-refractivity contribution in [2.24, 2.45) is 5.41 Å². The van der Waals surface area contributed by atoms with Crippen LogP contribution < -0.4 is 0 Å². The molecule has 0 radical (unpaired) electrons. The standard InChI is InChI=1S/C9H21NO/c1-6-10(7-2)8(11)9(3,4)5/h8,11H,6-7H2,1-5H3. The van der Waals surface area contributed by atoms with Gasteiger partial charge >= 0.3 is 0 Å². The first-order valence-corrected chi connectivity index (χ1v) is 4.35. The second-order valence-electron chi connectivity index (χ2n) is 3.96. The van der Waals surface area contributed by atoms with E-state index >= 15 is 0 Å². The van der Waals surface area contributed by atoms with Crippen LogP contribution in [0.4, 0.5) is 0 Å². The van der Waals surface area contributed by atoms with E-state index in [0.29, 0.717) is 0 Å². The summed E-state index contributed by atoms with van der Waals surface area (Å²) < 4.78 is 0. The third-order valence-corrected chi connectivity index (χ3v) is 1.93. The maximum absolute atomic E-state index is 9.77. The van der Waals surface area contributed by atoms with Gasteiger partial charge < -0.3 is 5.11 Å². The van der Waals surface area contributed by atoms with Crippen molar-refractivity contribution in [3.63, 3.8) is 0 Å². The number of aliphatic hydroxyl groups excluding tert-OH is 1. The van der Waals surface area contributed by atoms with Gasteiger partial charge in [0.25, 0.3) is 0 Å². The molecule has 0 aliphatic rings. The van der Waals surface area contributed by atoms with Crippen LogP contribution in [-0.2, 0) is 0 Å². The third kappa shape index (κ3) is 3.21. The van der Waals surface area contributed by atoms with Crippen molar-refractivity contribution >= 4 is 0 Å². The minimum Gasteiger partial charge on any atom is -0.378 e. The largest absolute Gasteiger partial charge is 0.378 e. The van der Waals surface area contributed by atoms with Gasteiger partial charge in [-0.2, -0.15) is 0 Å². The lowest BCUT2D eigenvalue weighted by atomic mass is 9.93. The summed E-state index contributed by atoms with van der Waals surface area (Å²) in [5.74, 6) is 0. The number of hydrogen-bond donors (Lipinski definition) is 1. The van der Waals surface area contributed by atoms with Crippen molar-refractivity contribution in [2.45, 2.75) is 40.8 Å². The van der Waals surface area contributed by atoms with Gasteiger partial charge in [0.2, 0.25) is 0 Å². The minimum absolute atomic E-state index is 0.0357. The van der Waals surface area contributed by atoms with Gasteiger partial charge in [-0.25, -0.2) is 0 Å². The zero-order valence-corrected chi connectivity index (χ0v) is 8.39. The van der Waals surface area contributed by atoms with Crippen LogP contribution in [0.3, 0.4) is 0 Å². The van der Waals surface area contributed by atoms with E-state index in [-0.39, 0.29) is 11.6 Å². The molecule has 2 nitrogen and oxygen atoms in total. The van der Waals surface area contributed by atoms with Crippen LogP contribution in [0.15, 0.2) is 0 Å². The topological polar surface area (TPSA) is 23.5 Å².